The Morgan fingerprint density at radius 1 is 0.974 bits per heavy atom. The number of hydrogen-bond acceptors (Lipinski definition) is 5. The number of likely N-dealkylation sites (N-methyl/N-ethyl adjacent to an activating group) is 1. The monoisotopic (exact) mass is 601 g/mol. The summed E-state index contributed by atoms with van der Waals surface area (Å²) in [5, 5.41) is 2.84. The highest BCUT2D eigenvalue weighted by Crippen LogP contribution is 2.24. The zero-order valence-corrected chi connectivity index (χ0v) is 24.0. The molecule has 3 rings (SSSR count). The third-order valence-electron chi connectivity index (χ3n) is 5.88. The van der Waals surface area contributed by atoms with Crippen molar-refractivity contribution < 1.29 is 22.7 Å². The van der Waals surface area contributed by atoms with Gasteiger partial charge in [0.25, 0.3) is 0 Å². The number of carbonyl (C=O) groups excluding carboxylic acids is 2. The van der Waals surface area contributed by atoms with Gasteiger partial charge in [0, 0.05) is 30.0 Å². The first-order valence-corrected chi connectivity index (χ1v) is 14.7. The third kappa shape index (κ3) is 8.06. The molecule has 0 spiro atoms. The van der Waals surface area contributed by atoms with E-state index in [1.54, 1.807) is 24.3 Å². The van der Waals surface area contributed by atoms with Crippen LogP contribution in [0.3, 0.4) is 0 Å². The van der Waals surface area contributed by atoms with E-state index in [1.165, 1.54) is 12.0 Å². The van der Waals surface area contributed by atoms with Gasteiger partial charge in [-0.15, -0.1) is 0 Å². The first-order valence-electron chi connectivity index (χ1n) is 12.1. The van der Waals surface area contributed by atoms with E-state index in [1.807, 2.05) is 61.5 Å². The van der Waals surface area contributed by atoms with Gasteiger partial charge in [-0.25, -0.2) is 8.42 Å². The number of amides is 2. The number of carbonyl (C=O) groups is 2. The summed E-state index contributed by atoms with van der Waals surface area (Å²) in [4.78, 5) is 28.7. The molecule has 0 aromatic heterocycles. The maximum atomic E-state index is 14.0. The van der Waals surface area contributed by atoms with Gasteiger partial charge in [0.15, 0.2) is 0 Å². The summed E-state index contributed by atoms with van der Waals surface area (Å²) < 4.78 is 32.7. The summed E-state index contributed by atoms with van der Waals surface area (Å²) in [7, 11) is -2.36. The molecule has 38 heavy (non-hydrogen) atoms. The Labute approximate surface area is 232 Å². The Hall–Kier alpha value is -3.37. The van der Waals surface area contributed by atoms with Gasteiger partial charge in [-0.2, -0.15) is 0 Å². The van der Waals surface area contributed by atoms with Crippen LogP contribution < -0.4 is 14.4 Å². The average molecular weight is 603 g/mol. The van der Waals surface area contributed by atoms with Gasteiger partial charge < -0.3 is 15.0 Å². The van der Waals surface area contributed by atoms with Crippen molar-refractivity contribution in [3.63, 3.8) is 0 Å². The van der Waals surface area contributed by atoms with Crippen LogP contribution >= 0.6 is 15.9 Å². The molecule has 202 valence electrons. The Morgan fingerprint density at radius 2 is 1.66 bits per heavy atom. The molecule has 10 heteroatoms. The second-order valence-corrected chi connectivity index (χ2v) is 11.5. The number of rotatable bonds is 12. The first-order chi connectivity index (χ1) is 18.1. The summed E-state index contributed by atoms with van der Waals surface area (Å²) in [6, 6.07) is 22.5. The van der Waals surface area contributed by atoms with Crippen LogP contribution in [0.25, 0.3) is 0 Å². The maximum absolute atomic E-state index is 14.0. The summed E-state index contributed by atoms with van der Waals surface area (Å²) in [6.07, 6.45) is 1.31. The van der Waals surface area contributed by atoms with E-state index in [-0.39, 0.29) is 18.9 Å². The molecule has 0 saturated carbocycles. The number of nitrogens with zero attached hydrogens (tertiary/aromatic N) is 2. The van der Waals surface area contributed by atoms with Crippen molar-refractivity contribution in [2.24, 2.45) is 0 Å². The number of hydrogen-bond donors (Lipinski definition) is 1. The number of methoxy groups -OCH3 is 1. The second-order valence-electron chi connectivity index (χ2n) is 8.72. The van der Waals surface area contributed by atoms with Gasteiger partial charge in [-0.1, -0.05) is 64.5 Å². The van der Waals surface area contributed by atoms with E-state index in [9.17, 15) is 18.0 Å². The fraction of sp³-hybridized carbons (Fsp3) is 0.286. The van der Waals surface area contributed by atoms with Crippen LogP contribution in [0, 0.1) is 0 Å². The summed E-state index contributed by atoms with van der Waals surface area (Å²) in [5.74, 6) is -0.365. The number of sulfonamides is 1. The molecule has 0 aliphatic carbocycles. The van der Waals surface area contributed by atoms with Crippen LogP contribution in [-0.4, -0.2) is 57.6 Å². The lowest BCUT2D eigenvalue weighted by molar-refractivity contribution is -0.140. The Kier molecular flexibility index (Phi) is 10.3. The minimum Gasteiger partial charge on any atom is -0.497 e. The molecule has 0 saturated heterocycles. The van der Waals surface area contributed by atoms with Gasteiger partial charge in [0.2, 0.25) is 21.8 Å². The predicted octanol–water partition coefficient (Wildman–Crippen LogP) is 4.00. The van der Waals surface area contributed by atoms with Gasteiger partial charge in [0.1, 0.15) is 18.3 Å². The summed E-state index contributed by atoms with van der Waals surface area (Å²) >= 11 is 3.46. The molecule has 0 aliphatic rings. The van der Waals surface area contributed by atoms with Crippen LogP contribution in [0.2, 0.25) is 0 Å². The lowest BCUT2D eigenvalue weighted by atomic mass is 10.0. The molecule has 0 unspecified atom stereocenters. The topological polar surface area (TPSA) is 96.0 Å². The van der Waals surface area contributed by atoms with Crippen molar-refractivity contribution >= 4 is 43.5 Å². The fourth-order valence-electron chi connectivity index (χ4n) is 4.06. The molecular formula is C28H32BrN3O5S. The molecule has 3 aromatic carbocycles. The van der Waals surface area contributed by atoms with Gasteiger partial charge in [-0.3, -0.25) is 13.9 Å². The van der Waals surface area contributed by atoms with E-state index in [0.29, 0.717) is 18.0 Å². The molecule has 1 atom stereocenters. The van der Waals surface area contributed by atoms with E-state index in [0.717, 1.165) is 26.2 Å². The number of anilines is 1. The normalized spacial score (nSPS) is 11.9. The average Bonchev–Trinajstić information content (AvgIpc) is 2.89. The van der Waals surface area contributed by atoms with E-state index in [4.69, 9.17) is 4.74 Å². The molecule has 0 heterocycles. The quantitative estimate of drug-likeness (QED) is 0.338. The smallest absolute Gasteiger partial charge is 0.244 e. The van der Waals surface area contributed by atoms with Crippen molar-refractivity contribution in [3.8, 4) is 5.75 Å². The zero-order valence-electron chi connectivity index (χ0n) is 21.6. The minimum atomic E-state index is -3.84. The van der Waals surface area contributed by atoms with Crippen LogP contribution in [0.5, 0.6) is 5.75 Å². The molecule has 8 nitrogen and oxygen atoms in total. The molecule has 0 radical (unpaired) electrons. The van der Waals surface area contributed by atoms with E-state index in [2.05, 4.69) is 21.2 Å². The van der Waals surface area contributed by atoms with E-state index >= 15 is 0 Å². The van der Waals surface area contributed by atoms with Gasteiger partial charge >= 0.3 is 0 Å². The predicted molar refractivity (Wildman–Crippen MR) is 152 cm³/mol. The van der Waals surface area contributed by atoms with Gasteiger partial charge in [-0.05, 0) is 42.3 Å². The molecule has 0 aliphatic heterocycles. The van der Waals surface area contributed by atoms with Crippen LogP contribution in [0.4, 0.5) is 5.69 Å². The highest BCUT2D eigenvalue weighted by Gasteiger charge is 2.33. The number of benzene rings is 3. The SMILES string of the molecule is CCNC(=O)[C@@H](Cc1ccccc1)N(Cc1cccc(Br)c1)C(=O)CN(c1cccc(OC)c1)S(C)(=O)=O. The van der Waals surface area contributed by atoms with Crippen molar-refractivity contribution in [2.75, 3.05) is 30.8 Å². The highest BCUT2D eigenvalue weighted by molar-refractivity contribution is 9.10. The van der Waals surface area contributed by atoms with Crippen molar-refractivity contribution in [3.05, 3.63) is 94.5 Å². The minimum absolute atomic E-state index is 0.114. The summed E-state index contributed by atoms with van der Waals surface area (Å²) in [6.45, 7) is 1.84. The maximum Gasteiger partial charge on any atom is 0.244 e. The Bertz CT molecular complexity index is 1350. The third-order valence-corrected chi connectivity index (χ3v) is 7.52. The highest BCUT2D eigenvalue weighted by atomic mass is 79.9. The first kappa shape index (κ1) is 29.2. The molecule has 0 fully saturated rings. The molecular weight excluding hydrogens is 570 g/mol. The lowest BCUT2D eigenvalue weighted by Gasteiger charge is -2.33. The van der Waals surface area contributed by atoms with Crippen LogP contribution in [0.1, 0.15) is 18.1 Å². The molecule has 0 bridgehead atoms. The van der Waals surface area contributed by atoms with Crippen molar-refractivity contribution in [1.82, 2.24) is 10.2 Å². The van der Waals surface area contributed by atoms with E-state index < -0.39 is 28.5 Å². The number of ether oxygens (including phenoxy) is 1. The fourth-order valence-corrected chi connectivity index (χ4v) is 5.35. The van der Waals surface area contributed by atoms with Crippen molar-refractivity contribution in [1.29, 1.82) is 0 Å². The van der Waals surface area contributed by atoms with Crippen molar-refractivity contribution in [2.45, 2.75) is 25.9 Å². The molecule has 2 amide bonds. The largest absolute Gasteiger partial charge is 0.497 e. The summed E-state index contributed by atoms with van der Waals surface area (Å²) in [5.41, 5.74) is 1.96. The number of nitrogens with one attached hydrogen (secondary N) is 1. The lowest BCUT2D eigenvalue weighted by Crippen LogP contribution is -2.53. The molecule has 1 N–H and O–H groups in total. The van der Waals surface area contributed by atoms with Crippen LogP contribution in [-0.2, 0) is 32.6 Å². The Morgan fingerprint density at radius 3 is 2.29 bits per heavy atom. The molecule has 3 aromatic rings. The Balaban J connectivity index is 2.04. The van der Waals surface area contributed by atoms with Crippen LogP contribution in [0.15, 0.2) is 83.3 Å². The number of halogens is 1. The second kappa shape index (κ2) is 13.4. The zero-order chi connectivity index (χ0) is 27.7. The standard InChI is InChI=1S/C28H32BrN3O5S/c1-4-30-28(34)26(17-21-10-6-5-7-11-21)31(19-22-12-8-13-23(29)16-22)27(33)20-32(38(3,35)36)24-14-9-15-25(18-24)37-2/h5-16,18,26H,4,17,19-20H2,1-3H3,(H,30,34)/t26-/m1/s1. The van der Waals surface area contributed by atoms with Gasteiger partial charge in [0.05, 0.1) is 19.1 Å².